The van der Waals surface area contributed by atoms with E-state index in [0.29, 0.717) is 12.0 Å². The Kier molecular flexibility index (Phi) is 5.84. The number of halogens is 2. The fourth-order valence-electron chi connectivity index (χ4n) is 4.72. The number of nitrogens with zero attached hydrogens (tertiary/aromatic N) is 5. The predicted octanol–water partition coefficient (Wildman–Crippen LogP) is 3.07. The molecule has 34 heavy (non-hydrogen) atoms. The summed E-state index contributed by atoms with van der Waals surface area (Å²) < 4.78 is 28.7. The molecule has 5 rings (SSSR count). The highest BCUT2D eigenvalue weighted by Gasteiger charge is 2.24. The van der Waals surface area contributed by atoms with Gasteiger partial charge in [0.15, 0.2) is 17.5 Å². The molecule has 1 aliphatic rings. The number of rotatable bonds is 5. The molecule has 0 atom stereocenters. The second kappa shape index (κ2) is 8.96. The van der Waals surface area contributed by atoms with E-state index < -0.39 is 11.6 Å². The summed E-state index contributed by atoms with van der Waals surface area (Å²) in [7, 11) is 1.95. The number of hydroxylamine groups is 1. The molecule has 3 N–H and O–H groups in total. The number of fused-ring (bicyclic) bond motifs is 3. The number of hydrogen-bond acceptors (Lipinski definition) is 6. The Morgan fingerprint density at radius 2 is 1.88 bits per heavy atom. The topological polar surface area (TPSA) is 93.3 Å². The summed E-state index contributed by atoms with van der Waals surface area (Å²) in [6.07, 6.45) is 2.20. The highest BCUT2D eigenvalue weighted by molar-refractivity contribution is 6.18. The van der Waals surface area contributed by atoms with Crippen molar-refractivity contribution in [3.8, 4) is 0 Å². The minimum absolute atomic E-state index is 0.0899. The van der Waals surface area contributed by atoms with Gasteiger partial charge in [-0.15, -0.1) is 0 Å². The van der Waals surface area contributed by atoms with Crippen molar-refractivity contribution in [2.45, 2.75) is 6.42 Å². The van der Waals surface area contributed by atoms with Gasteiger partial charge in [0.05, 0.1) is 5.52 Å². The molecule has 10 heteroatoms. The Morgan fingerprint density at radius 3 is 2.62 bits per heavy atom. The molecule has 1 aliphatic heterocycles. The molecule has 2 aromatic carbocycles. The third-order valence-corrected chi connectivity index (χ3v) is 6.53. The van der Waals surface area contributed by atoms with E-state index in [9.17, 15) is 14.0 Å². The molecule has 4 aromatic rings. The van der Waals surface area contributed by atoms with E-state index in [1.165, 1.54) is 12.1 Å². The summed E-state index contributed by atoms with van der Waals surface area (Å²) in [4.78, 5) is 13.7. The van der Waals surface area contributed by atoms with Crippen molar-refractivity contribution in [1.82, 2.24) is 24.9 Å². The molecule has 0 saturated carbocycles. The zero-order valence-corrected chi connectivity index (χ0v) is 18.7. The van der Waals surface area contributed by atoms with Gasteiger partial charge in [0.2, 0.25) is 0 Å². The van der Waals surface area contributed by atoms with Crippen molar-refractivity contribution in [3.63, 3.8) is 0 Å². The average molecular weight is 466 g/mol. The van der Waals surface area contributed by atoms with Gasteiger partial charge in [-0.1, -0.05) is 18.2 Å². The van der Waals surface area contributed by atoms with Crippen LogP contribution in [0.25, 0.3) is 21.9 Å². The zero-order chi connectivity index (χ0) is 23.8. The standard InChI is InChI=1S/C24H25F2N7O/c1-31-19-4-2-3-16(23(27)30-34)20(19)21-22(31)24(29-14-28-21)33-11-9-32(10-12-33)8-7-15-5-6-17(25)18(26)13-15/h2-6,13-14,34H,7-12H2,1H3,(H2,27,30). The summed E-state index contributed by atoms with van der Waals surface area (Å²) >= 11 is 0. The number of aryl methyl sites for hydroxylation is 1. The van der Waals surface area contributed by atoms with Crippen LogP contribution in [0.3, 0.4) is 0 Å². The number of anilines is 1. The number of amidine groups is 1. The van der Waals surface area contributed by atoms with E-state index in [1.807, 2.05) is 29.2 Å². The number of nitrogens with one attached hydrogen (secondary N) is 2. The quantitative estimate of drug-likeness (QED) is 0.238. The van der Waals surface area contributed by atoms with E-state index in [1.54, 1.807) is 18.5 Å². The van der Waals surface area contributed by atoms with Crippen LogP contribution in [0.2, 0.25) is 0 Å². The van der Waals surface area contributed by atoms with E-state index >= 15 is 0 Å². The Morgan fingerprint density at radius 1 is 1.09 bits per heavy atom. The van der Waals surface area contributed by atoms with Crippen molar-refractivity contribution < 1.29 is 14.0 Å². The van der Waals surface area contributed by atoms with Gasteiger partial charge in [0.1, 0.15) is 23.2 Å². The van der Waals surface area contributed by atoms with E-state index in [2.05, 4.69) is 19.8 Å². The number of benzene rings is 2. The number of aromatic nitrogens is 3. The minimum Gasteiger partial charge on any atom is -0.352 e. The van der Waals surface area contributed by atoms with Gasteiger partial charge < -0.3 is 9.47 Å². The fourth-order valence-corrected chi connectivity index (χ4v) is 4.72. The van der Waals surface area contributed by atoms with Crippen LogP contribution >= 0.6 is 0 Å². The highest BCUT2D eigenvalue weighted by Crippen LogP contribution is 2.34. The Labute approximate surface area is 194 Å². The number of piperazine rings is 1. The van der Waals surface area contributed by atoms with Crippen molar-refractivity contribution in [2.24, 2.45) is 7.05 Å². The second-order valence-corrected chi connectivity index (χ2v) is 8.47. The van der Waals surface area contributed by atoms with Gasteiger partial charge in [0.25, 0.3) is 0 Å². The second-order valence-electron chi connectivity index (χ2n) is 8.47. The van der Waals surface area contributed by atoms with Gasteiger partial charge in [-0.25, -0.2) is 18.7 Å². The van der Waals surface area contributed by atoms with Crippen molar-refractivity contribution in [2.75, 3.05) is 37.6 Å². The maximum atomic E-state index is 13.5. The monoisotopic (exact) mass is 465 g/mol. The van der Waals surface area contributed by atoms with Crippen LogP contribution in [-0.4, -0.2) is 63.2 Å². The van der Waals surface area contributed by atoms with Crippen LogP contribution in [0, 0.1) is 17.0 Å². The molecule has 8 nitrogen and oxygen atoms in total. The fraction of sp³-hybridized carbons (Fsp3) is 0.292. The Hall–Kier alpha value is -3.63. The van der Waals surface area contributed by atoms with Crippen LogP contribution in [-0.2, 0) is 13.5 Å². The molecule has 0 spiro atoms. The molecule has 1 fully saturated rings. The molecule has 0 aliphatic carbocycles. The molecule has 0 bridgehead atoms. The lowest BCUT2D eigenvalue weighted by Gasteiger charge is -2.35. The van der Waals surface area contributed by atoms with Gasteiger partial charge in [-0.2, -0.15) is 0 Å². The first-order valence-electron chi connectivity index (χ1n) is 11.1. The summed E-state index contributed by atoms with van der Waals surface area (Å²) in [5, 5.41) is 18.2. The van der Waals surface area contributed by atoms with Crippen LogP contribution in [0.5, 0.6) is 0 Å². The molecular weight excluding hydrogens is 440 g/mol. The van der Waals surface area contributed by atoms with Crippen LogP contribution in [0.1, 0.15) is 11.1 Å². The minimum atomic E-state index is -0.821. The maximum absolute atomic E-state index is 13.5. The maximum Gasteiger partial charge on any atom is 0.159 e. The van der Waals surface area contributed by atoms with Crippen molar-refractivity contribution >= 4 is 33.6 Å². The Bertz CT molecular complexity index is 1380. The van der Waals surface area contributed by atoms with E-state index in [0.717, 1.165) is 66.0 Å². The first-order chi connectivity index (χ1) is 16.5. The summed E-state index contributed by atoms with van der Waals surface area (Å²) in [5.74, 6) is -0.886. The SMILES string of the molecule is Cn1c2cccc(C(=N)NO)c2c2ncnc(N3CCN(CCc4ccc(F)c(F)c4)CC3)c21. The third-order valence-electron chi connectivity index (χ3n) is 6.53. The molecule has 1 saturated heterocycles. The Balaban J connectivity index is 1.37. The highest BCUT2D eigenvalue weighted by atomic mass is 19.2. The zero-order valence-electron chi connectivity index (χ0n) is 18.7. The first kappa shape index (κ1) is 22.2. The molecule has 0 unspecified atom stereocenters. The normalized spacial score (nSPS) is 14.8. The van der Waals surface area contributed by atoms with Crippen LogP contribution < -0.4 is 10.4 Å². The van der Waals surface area contributed by atoms with Gasteiger partial charge in [-0.3, -0.25) is 21.0 Å². The van der Waals surface area contributed by atoms with Gasteiger partial charge in [-0.05, 0) is 30.2 Å². The molecule has 0 amide bonds. The van der Waals surface area contributed by atoms with Crippen molar-refractivity contribution in [1.29, 1.82) is 5.41 Å². The summed E-state index contributed by atoms with van der Waals surface area (Å²) in [5.41, 5.74) is 5.81. The number of hydrogen-bond donors (Lipinski definition) is 3. The van der Waals surface area contributed by atoms with Crippen molar-refractivity contribution in [3.05, 3.63) is 65.5 Å². The van der Waals surface area contributed by atoms with Crippen LogP contribution in [0.4, 0.5) is 14.6 Å². The van der Waals surface area contributed by atoms with E-state index in [-0.39, 0.29) is 5.84 Å². The predicted molar refractivity (Wildman–Crippen MR) is 126 cm³/mol. The lowest BCUT2D eigenvalue weighted by Crippen LogP contribution is -2.47. The smallest absolute Gasteiger partial charge is 0.159 e. The van der Waals surface area contributed by atoms with Gasteiger partial charge in [0, 0.05) is 50.7 Å². The molecular formula is C24H25F2N7O. The summed E-state index contributed by atoms with van der Waals surface area (Å²) in [6.45, 7) is 3.96. The molecule has 3 heterocycles. The molecule has 2 aromatic heterocycles. The van der Waals surface area contributed by atoms with Gasteiger partial charge >= 0.3 is 0 Å². The molecule has 0 radical (unpaired) electrons. The lowest BCUT2D eigenvalue weighted by atomic mass is 10.1. The average Bonchev–Trinajstić information content (AvgIpc) is 3.17. The van der Waals surface area contributed by atoms with Crippen LogP contribution in [0.15, 0.2) is 42.7 Å². The van der Waals surface area contributed by atoms with E-state index in [4.69, 9.17) is 5.41 Å². The molecule has 176 valence electrons. The summed E-state index contributed by atoms with van der Waals surface area (Å²) in [6, 6.07) is 9.67. The lowest BCUT2D eigenvalue weighted by molar-refractivity contribution is 0.234. The largest absolute Gasteiger partial charge is 0.352 e. The third kappa shape index (κ3) is 3.84. The first-order valence-corrected chi connectivity index (χ1v) is 11.1.